The normalized spacial score (nSPS) is 19.6. The average molecular weight is 385 g/mol. The van der Waals surface area contributed by atoms with Gasteiger partial charge >= 0.3 is 0 Å². The van der Waals surface area contributed by atoms with Crippen LogP contribution in [0.3, 0.4) is 0 Å². The number of aromatic nitrogens is 2. The molecule has 1 fully saturated rings. The second-order valence-electron chi connectivity index (χ2n) is 6.48. The summed E-state index contributed by atoms with van der Waals surface area (Å²) in [4.78, 5) is 22.7. The fourth-order valence-electron chi connectivity index (χ4n) is 3.31. The molecule has 1 aromatic carbocycles. The molecule has 26 heavy (non-hydrogen) atoms. The predicted octanol–water partition coefficient (Wildman–Crippen LogP) is 3.97. The molecule has 4 rings (SSSR count). The van der Waals surface area contributed by atoms with Gasteiger partial charge in [-0.05, 0) is 31.7 Å². The average Bonchev–Trinajstić information content (AvgIpc) is 3.35. The SMILES string of the molecule is Cc1nc(C)c(-c2csc(NC(=O)[C@@H]3C[C@H](c4ccccc4)CN3)n2)s1. The summed E-state index contributed by atoms with van der Waals surface area (Å²) in [6, 6.07) is 10.2. The van der Waals surface area contributed by atoms with E-state index in [-0.39, 0.29) is 11.9 Å². The molecule has 1 aliphatic rings. The molecular formula is C19H20N4OS2. The molecule has 0 unspecified atom stereocenters. The molecule has 3 aromatic rings. The van der Waals surface area contributed by atoms with Crippen LogP contribution in [0.1, 0.15) is 28.6 Å². The summed E-state index contributed by atoms with van der Waals surface area (Å²) in [6.07, 6.45) is 0.807. The van der Waals surface area contributed by atoms with Gasteiger partial charge in [-0.15, -0.1) is 22.7 Å². The molecular weight excluding hydrogens is 364 g/mol. The molecule has 0 saturated carbocycles. The van der Waals surface area contributed by atoms with Crippen LogP contribution >= 0.6 is 22.7 Å². The Bertz CT molecular complexity index is 919. The topological polar surface area (TPSA) is 66.9 Å². The molecule has 0 bridgehead atoms. The molecule has 0 aliphatic carbocycles. The van der Waals surface area contributed by atoms with E-state index in [4.69, 9.17) is 0 Å². The zero-order valence-corrected chi connectivity index (χ0v) is 16.3. The van der Waals surface area contributed by atoms with Crippen LogP contribution in [0.4, 0.5) is 5.13 Å². The molecule has 0 spiro atoms. The minimum absolute atomic E-state index is 0.0125. The maximum atomic E-state index is 12.6. The van der Waals surface area contributed by atoms with Gasteiger partial charge < -0.3 is 10.6 Å². The van der Waals surface area contributed by atoms with Gasteiger partial charge in [0.15, 0.2) is 5.13 Å². The maximum Gasteiger partial charge on any atom is 0.243 e. The zero-order chi connectivity index (χ0) is 18.1. The molecule has 1 aliphatic heterocycles. The van der Waals surface area contributed by atoms with Crippen LogP contribution in [-0.2, 0) is 4.79 Å². The summed E-state index contributed by atoms with van der Waals surface area (Å²) < 4.78 is 0. The predicted molar refractivity (Wildman–Crippen MR) is 107 cm³/mol. The first-order valence-corrected chi connectivity index (χ1v) is 10.3. The Balaban J connectivity index is 1.41. The summed E-state index contributed by atoms with van der Waals surface area (Å²) in [6.45, 7) is 4.80. The fraction of sp³-hybridized carbons (Fsp3) is 0.316. The van der Waals surface area contributed by atoms with Crippen molar-refractivity contribution in [2.75, 3.05) is 11.9 Å². The van der Waals surface area contributed by atoms with Gasteiger partial charge in [-0.1, -0.05) is 30.3 Å². The van der Waals surface area contributed by atoms with E-state index in [1.54, 1.807) is 11.3 Å². The van der Waals surface area contributed by atoms with Crippen molar-refractivity contribution in [3.63, 3.8) is 0 Å². The van der Waals surface area contributed by atoms with Crippen molar-refractivity contribution in [3.05, 3.63) is 52.0 Å². The Morgan fingerprint density at radius 2 is 2.04 bits per heavy atom. The van der Waals surface area contributed by atoms with Crippen LogP contribution < -0.4 is 10.6 Å². The third-order valence-corrected chi connectivity index (χ3v) is 6.44. The number of anilines is 1. The van der Waals surface area contributed by atoms with Gasteiger partial charge in [0, 0.05) is 11.9 Å². The second-order valence-corrected chi connectivity index (χ2v) is 8.54. The van der Waals surface area contributed by atoms with E-state index in [2.05, 4.69) is 32.7 Å². The molecule has 134 valence electrons. The quantitative estimate of drug-likeness (QED) is 0.714. The van der Waals surface area contributed by atoms with E-state index in [1.807, 2.05) is 37.4 Å². The molecule has 7 heteroatoms. The van der Waals surface area contributed by atoms with Gasteiger partial charge in [0.1, 0.15) is 0 Å². The summed E-state index contributed by atoms with van der Waals surface area (Å²) in [5.41, 5.74) is 3.15. The first-order valence-electron chi connectivity index (χ1n) is 8.59. The molecule has 3 heterocycles. The molecule has 1 saturated heterocycles. The van der Waals surface area contributed by atoms with Crippen molar-refractivity contribution in [1.29, 1.82) is 0 Å². The highest BCUT2D eigenvalue weighted by Gasteiger charge is 2.30. The Hall–Kier alpha value is -2.09. The minimum Gasteiger partial charge on any atom is -0.305 e. The van der Waals surface area contributed by atoms with Crippen LogP contribution in [0.5, 0.6) is 0 Å². The molecule has 0 radical (unpaired) electrons. The molecule has 1 amide bonds. The largest absolute Gasteiger partial charge is 0.305 e. The smallest absolute Gasteiger partial charge is 0.243 e. The van der Waals surface area contributed by atoms with E-state index in [0.717, 1.165) is 34.2 Å². The van der Waals surface area contributed by atoms with Crippen LogP contribution in [0.25, 0.3) is 10.6 Å². The van der Waals surface area contributed by atoms with E-state index >= 15 is 0 Å². The number of nitrogens with one attached hydrogen (secondary N) is 2. The lowest BCUT2D eigenvalue weighted by Gasteiger charge is -2.10. The van der Waals surface area contributed by atoms with Gasteiger partial charge in [-0.2, -0.15) is 0 Å². The zero-order valence-electron chi connectivity index (χ0n) is 14.7. The first-order chi connectivity index (χ1) is 12.6. The number of thiazole rings is 2. The standard InChI is InChI=1S/C19H20N4OS2/c1-11-17(26-12(2)21-11)16-10-25-19(22-16)23-18(24)15-8-14(9-20-15)13-6-4-3-5-7-13/h3-7,10,14-15,20H,8-9H2,1-2H3,(H,22,23,24)/t14-,15-/m0/s1. The number of hydrogen-bond acceptors (Lipinski definition) is 6. The Labute approximate surface area is 160 Å². The number of rotatable bonds is 4. The lowest BCUT2D eigenvalue weighted by atomic mass is 9.96. The third-order valence-electron chi connectivity index (χ3n) is 4.59. The summed E-state index contributed by atoms with van der Waals surface area (Å²) in [5.74, 6) is 0.364. The van der Waals surface area contributed by atoms with Crippen molar-refractivity contribution in [2.45, 2.75) is 32.2 Å². The monoisotopic (exact) mass is 384 g/mol. The first kappa shape index (κ1) is 17.3. The number of amides is 1. The van der Waals surface area contributed by atoms with Gasteiger partial charge in [0.2, 0.25) is 5.91 Å². The summed E-state index contributed by atoms with van der Waals surface area (Å²) >= 11 is 3.09. The van der Waals surface area contributed by atoms with Gasteiger partial charge in [0.05, 0.1) is 27.3 Å². The van der Waals surface area contributed by atoms with Crippen LogP contribution in [0.2, 0.25) is 0 Å². The summed E-state index contributed by atoms with van der Waals surface area (Å²) in [5, 5.41) is 9.94. The van der Waals surface area contributed by atoms with Crippen LogP contribution in [0.15, 0.2) is 35.7 Å². The Kier molecular flexibility index (Phi) is 4.84. The van der Waals surface area contributed by atoms with E-state index in [0.29, 0.717) is 11.0 Å². The van der Waals surface area contributed by atoms with Crippen molar-refractivity contribution in [3.8, 4) is 10.6 Å². The summed E-state index contributed by atoms with van der Waals surface area (Å²) in [7, 11) is 0. The molecule has 5 nitrogen and oxygen atoms in total. The highest BCUT2D eigenvalue weighted by Crippen LogP contribution is 2.32. The fourth-order valence-corrected chi connectivity index (χ4v) is 4.97. The highest BCUT2D eigenvalue weighted by atomic mass is 32.1. The number of benzene rings is 1. The van der Waals surface area contributed by atoms with E-state index in [1.165, 1.54) is 16.9 Å². The number of nitrogens with zero attached hydrogens (tertiary/aromatic N) is 2. The second kappa shape index (κ2) is 7.26. The van der Waals surface area contributed by atoms with Gasteiger partial charge in [-0.3, -0.25) is 4.79 Å². The minimum atomic E-state index is -0.181. The van der Waals surface area contributed by atoms with Gasteiger partial charge in [0.25, 0.3) is 0 Å². The Morgan fingerprint density at radius 1 is 1.23 bits per heavy atom. The number of hydrogen-bond donors (Lipinski definition) is 2. The molecule has 2 atom stereocenters. The van der Waals surface area contributed by atoms with Crippen molar-refractivity contribution in [1.82, 2.24) is 15.3 Å². The lowest BCUT2D eigenvalue weighted by Crippen LogP contribution is -2.35. The van der Waals surface area contributed by atoms with Crippen molar-refractivity contribution in [2.24, 2.45) is 0 Å². The number of carbonyl (C=O) groups excluding carboxylic acids is 1. The van der Waals surface area contributed by atoms with E-state index in [9.17, 15) is 4.79 Å². The number of aryl methyl sites for hydroxylation is 2. The molecule has 2 N–H and O–H groups in total. The number of carbonyl (C=O) groups is 1. The maximum absolute atomic E-state index is 12.6. The van der Waals surface area contributed by atoms with E-state index < -0.39 is 0 Å². The van der Waals surface area contributed by atoms with Crippen LogP contribution in [0, 0.1) is 13.8 Å². The lowest BCUT2D eigenvalue weighted by molar-refractivity contribution is -0.117. The van der Waals surface area contributed by atoms with Gasteiger partial charge in [-0.25, -0.2) is 9.97 Å². The third kappa shape index (κ3) is 3.56. The van der Waals surface area contributed by atoms with Crippen LogP contribution in [-0.4, -0.2) is 28.5 Å². The van der Waals surface area contributed by atoms with Crippen molar-refractivity contribution >= 4 is 33.7 Å². The Morgan fingerprint density at radius 3 is 2.77 bits per heavy atom. The van der Waals surface area contributed by atoms with Crippen molar-refractivity contribution < 1.29 is 4.79 Å². The molecule has 2 aromatic heterocycles. The highest BCUT2D eigenvalue weighted by molar-refractivity contribution is 7.16.